The number of nitrogens with zero attached hydrogens (tertiary/aromatic N) is 1. The van der Waals surface area contributed by atoms with Crippen LogP contribution in [0, 0.1) is 17.0 Å². The van der Waals surface area contributed by atoms with Crippen molar-refractivity contribution in [2.75, 3.05) is 0 Å². The minimum absolute atomic E-state index is 0.0266. The second-order valence-electron chi connectivity index (χ2n) is 4.65. The Bertz CT molecular complexity index is 489. The van der Waals surface area contributed by atoms with Crippen LogP contribution in [-0.2, 0) is 0 Å². The van der Waals surface area contributed by atoms with Crippen LogP contribution in [0.4, 0.5) is 5.69 Å². The fourth-order valence-corrected chi connectivity index (χ4v) is 2.42. The number of nitro groups is 1. The lowest BCUT2D eigenvalue weighted by Gasteiger charge is -2.15. The van der Waals surface area contributed by atoms with E-state index >= 15 is 0 Å². The van der Waals surface area contributed by atoms with E-state index in [1.807, 2.05) is 13.8 Å². The highest BCUT2D eigenvalue weighted by Crippen LogP contribution is 2.19. The van der Waals surface area contributed by atoms with Gasteiger partial charge >= 0.3 is 0 Å². The summed E-state index contributed by atoms with van der Waals surface area (Å²) < 4.78 is 0. The standard InChI is InChI=1S/C13H17BrN2O3/c1-8-6-11(4-5-12(8)16(18)19)13(17)15-10(3)7-9(2)14/h4-6,9-10H,7H2,1-3H3,(H,15,17). The number of nitrogens with one attached hydrogen (secondary N) is 1. The van der Waals surface area contributed by atoms with Gasteiger partial charge in [-0.1, -0.05) is 22.9 Å². The van der Waals surface area contributed by atoms with Crippen molar-refractivity contribution in [2.24, 2.45) is 0 Å². The zero-order valence-corrected chi connectivity index (χ0v) is 12.7. The third-order valence-corrected chi connectivity index (χ3v) is 3.09. The van der Waals surface area contributed by atoms with Gasteiger partial charge in [-0.2, -0.15) is 0 Å². The van der Waals surface area contributed by atoms with Crippen LogP contribution in [0.25, 0.3) is 0 Å². The van der Waals surface area contributed by atoms with Gasteiger partial charge in [0.05, 0.1) is 4.92 Å². The molecule has 5 nitrogen and oxygen atoms in total. The van der Waals surface area contributed by atoms with Crippen molar-refractivity contribution in [3.63, 3.8) is 0 Å². The lowest BCUT2D eigenvalue weighted by molar-refractivity contribution is -0.385. The molecule has 0 aromatic heterocycles. The van der Waals surface area contributed by atoms with E-state index in [1.165, 1.54) is 18.2 Å². The molecule has 2 unspecified atom stereocenters. The van der Waals surface area contributed by atoms with Crippen LogP contribution >= 0.6 is 15.9 Å². The molecule has 0 saturated heterocycles. The molecule has 0 spiro atoms. The van der Waals surface area contributed by atoms with Crippen LogP contribution in [0.15, 0.2) is 18.2 Å². The molecule has 0 saturated carbocycles. The smallest absolute Gasteiger partial charge is 0.272 e. The highest BCUT2D eigenvalue weighted by molar-refractivity contribution is 9.09. The number of nitro benzene ring substituents is 1. The predicted octanol–water partition coefficient (Wildman–Crippen LogP) is 3.20. The molecule has 0 bridgehead atoms. The van der Waals surface area contributed by atoms with E-state index in [0.29, 0.717) is 16.0 Å². The van der Waals surface area contributed by atoms with E-state index in [2.05, 4.69) is 21.2 Å². The first-order chi connectivity index (χ1) is 8.81. The summed E-state index contributed by atoms with van der Waals surface area (Å²) in [6.07, 6.45) is 0.817. The molecule has 1 aromatic rings. The molecule has 1 N–H and O–H groups in total. The number of hydrogen-bond donors (Lipinski definition) is 1. The van der Waals surface area contributed by atoms with Gasteiger partial charge in [-0.05, 0) is 32.4 Å². The topological polar surface area (TPSA) is 72.2 Å². The molecular formula is C13H17BrN2O3. The number of rotatable bonds is 5. The monoisotopic (exact) mass is 328 g/mol. The Balaban J connectivity index is 2.78. The van der Waals surface area contributed by atoms with Crippen LogP contribution in [0.1, 0.15) is 36.2 Å². The maximum Gasteiger partial charge on any atom is 0.272 e. The van der Waals surface area contributed by atoms with Crippen molar-refractivity contribution in [2.45, 2.75) is 38.1 Å². The fraction of sp³-hybridized carbons (Fsp3) is 0.462. The zero-order chi connectivity index (χ0) is 14.6. The second-order valence-corrected chi connectivity index (χ2v) is 6.21. The molecule has 0 heterocycles. The number of carbonyl (C=O) groups excluding carboxylic acids is 1. The summed E-state index contributed by atoms with van der Waals surface area (Å²) >= 11 is 3.43. The predicted molar refractivity (Wildman–Crippen MR) is 77.8 cm³/mol. The minimum Gasteiger partial charge on any atom is -0.350 e. The minimum atomic E-state index is -0.452. The quantitative estimate of drug-likeness (QED) is 0.512. The summed E-state index contributed by atoms with van der Waals surface area (Å²) in [6, 6.07) is 4.42. The summed E-state index contributed by atoms with van der Waals surface area (Å²) in [7, 11) is 0. The molecule has 1 amide bonds. The van der Waals surface area contributed by atoms with E-state index in [9.17, 15) is 14.9 Å². The Morgan fingerprint density at radius 1 is 1.47 bits per heavy atom. The van der Waals surface area contributed by atoms with Crippen LogP contribution in [-0.4, -0.2) is 21.7 Å². The van der Waals surface area contributed by atoms with Gasteiger partial charge in [0, 0.05) is 28.1 Å². The highest BCUT2D eigenvalue weighted by Gasteiger charge is 2.15. The number of amides is 1. The van der Waals surface area contributed by atoms with Crippen LogP contribution in [0.2, 0.25) is 0 Å². The first-order valence-electron chi connectivity index (χ1n) is 6.01. The third-order valence-electron chi connectivity index (χ3n) is 2.71. The first kappa shape index (κ1) is 15.6. The maximum absolute atomic E-state index is 12.0. The van der Waals surface area contributed by atoms with Crippen molar-refractivity contribution in [1.82, 2.24) is 5.32 Å². The number of benzene rings is 1. The third kappa shape index (κ3) is 4.63. The summed E-state index contributed by atoms with van der Waals surface area (Å²) in [5, 5.41) is 13.6. The zero-order valence-electron chi connectivity index (χ0n) is 11.1. The Hall–Kier alpha value is -1.43. The molecule has 0 radical (unpaired) electrons. The van der Waals surface area contributed by atoms with E-state index < -0.39 is 4.92 Å². The van der Waals surface area contributed by atoms with Crippen LogP contribution in [0.5, 0.6) is 0 Å². The largest absolute Gasteiger partial charge is 0.350 e. The molecule has 1 aromatic carbocycles. The van der Waals surface area contributed by atoms with Crippen LogP contribution < -0.4 is 5.32 Å². The Morgan fingerprint density at radius 3 is 2.58 bits per heavy atom. The molecular weight excluding hydrogens is 312 g/mol. The summed E-state index contributed by atoms with van der Waals surface area (Å²) in [6.45, 7) is 5.56. The first-order valence-corrected chi connectivity index (χ1v) is 6.92. The SMILES string of the molecule is Cc1cc(C(=O)NC(C)CC(C)Br)ccc1[N+](=O)[O-]. The molecule has 1 rings (SSSR count). The normalized spacial score (nSPS) is 13.7. The molecule has 6 heteroatoms. The van der Waals surface area contributed by atoms with Gasteiger partial charge in [0.15, 0.2) is 0 Å². The van der Waals surface area contributed by atoms with E-state index in [0.717, 1.165) is 6.42 Å². The number of carbonyl (C=O) groups is 1. The van der Waals surface area contributed by atoms with E-state index in [4.69, 9.17) is 0 Å². The molecule has 0 aliphatic carbocycles. The van der Waals surface area contributed by atoms with Gasteiger partial charge in [-0.25, -0.2) is 0 Å². The van der Waals surface area contributed by atoms with Crippen molar-refractivity contribution >= 4 is 27.5 Å². The van der Waals surface area contributed by atoms with Gasteiger partial charge in [-0.3, -0.25) is 14.9 Å². The lowest BCUT2D eigenvalue weighted by atomic mass is 10.1. The summed E-state index contributed by atoms with van der Waals surface area (Å²) in [5.41, 5.74) is 0.954. The molecule has 0 aliphatic heterocycles. The molecule has 19 heavy (non-hydrogen) atoms. The van der Waals surface area contributed by atoms with Crippen molar-refractivity contribution in [1.29, 1.82) is 0 Å². The van der Waals surface area contributed by atoms with Gasteiger partial charge in [0.1, 0.15) is 0 Å². The fourth-order valence-electron chi connectivity index (χ4n) is 1.85. The number of halogens is 1. The van der Waals surface area contributed by atoms with Crippen molar-refractivity contribution < 1.29 is 9.72 Å². The Labute approximate surface area is 120 Å². The number of aryl methyl sites for hydroxylation is 1. The van der Waals surface area contributed by atoms with Gasteiger partial charge in [0.2, 0.25) is 0 Å². The average Bonchev–Trinajstić information content (AvgIpc) is 2.26. The van der Waals surface area contributed by atoms with Gasteiger partial charge < -0.3 is 5.32 Å². The van der Waals surface area contributed by atoms with E-state index in [1.54, 1.807) is 6.92 Å². The number of alkyl halides is 1. The maximum atomic E-state index is 12.0. The molecule has 104 valence electrons. The van der Waals surface area contributed by atoms with Gasteiger partial charge in [-0.15, -0.1) is 0 Å². The highest BCUT2D eigenvalue weighted by atomic mass is 79.9. The Morgan fingerprint density at radius 2 is 2.11 bits per heavy atom. The van der Waals surface area contributed by atoms with E-state index in [-0.39, 0.29) is 17.6 Å². The lowest BCUT2D eigenvalue weighted by Crippen LogP contribution is -2.33. The van der Waals surface area contributed by atoms with Crippen molar-refractivity contribution in [3.05, 3.63) is 39.4 Å². The second kappa shape index (κ2) is 6.65. The van der Waals surface area contributed by atoms with Gasteiger partial charge in [0.25, 0.3) is 11.6 Å². The Kier molecular flexibility index (Phi) is 5.47. The summed E-state index contributed by atoms with van der Waals surface area (Å²) in [4.78, 5) is 22.5. The molecule has 0 aliphatic rings. The summed E-state index contributed by atoms with van der Waals surface area (Å²) in [5.74, 6) is -0.210. The van der Waals surface area contributed by atoms with Crippen LogP contribution in [0.3, 0.4) is 0 Å². The number of hydrogen-bond acceptors (Lipinski definition) is 3. The molecule has 0 fully saturated rings. The molecule has 2 atom stereocenters. The average molecular weight is 329 g/mol. The van der Waals surface area contributed by atoms with Crippen molar-refractivity contribution in [3.8, 4) is 0 Å².